The van der Waals surface area contributed by atoms with Crippen molar-refractivity contribution in [1.82, 2.24) is 10.1 Å². The highest BCUT2D eigenvalue weighted by molar-refractivity contribution is 7.92. The van der Waals surface area contributed by atoms with Gasteiger partial charge in [0.25, 0.3) is 15.9 Å². The molecule has 9 nitrogen and oxygen atoms in total. The summed E-state index contributed by atoms with van der Waals surface area (Å²) >= 11 is 0. The molecule has 1 N–H and O–H groups in total. The van der Waals surface area contributed by atoms with Gasteiger partial charge in [0.1, 0.15) is 17.1 Å². The number of carbonyl (C=O) groups is 1. The molecule has 1 spiro atoms. The van der Waals surface area contributed by atoms with Crippen LogP contribution in [0.3, 0.4) is 0 Å². The van der Waals surface area contributed by atoms with Crippen molar-refractivity contribution in [1.29, 1.82) is 0 Å². The van der Waals surface area contributed by atoms with E-state index >= 15 is 0 Å². The zero-order chi connectivity index (χ0) is 31.5. The van der Waals surface area contributed by atoms with Crippen LogP contribution in [0, 0.1) is 0 Å². The maximum atomic E-state index is 13.7. The van der Waals surface area contributed by atoms with E-state index in [1.807, 2.05) is 56.9 Å². The quantitative estimate of drug-likeness (QED) is 0.229. The summed E-state index contributed by atoms with van der Waals surface area (Å²) in [4.78, 5) is 20.7. The van der Waals surface area contributed by atoms with E-state index in [0.29, 0.717) is 31.1 Å². The molecular weight excluding hydrogens is 576 g/mol. The molecule has 5 rings (SSSR count). The maximum Gasteiger partial charge on any atom is 0.263 e. The Labute approximate surface area is 261 Å². The van der Waals surface area contributed by atoms with Gasteiger partial charge in [0.2, 0.25) is 0 Å². The van der Waals surface area contributed by atoms with Gasteiger partial charge >= 0.3 is 0 Å². The molecule has 1 amide bonds. The van der Waals surface area contributed by atoms with Gasteiger partial charge in [0.15, 0.2) is 5.82 Å². The molecule has 0 unspecified atom stereocenters. The highest BCUT2D eigenvalue weighted by atomic mass is 32.2. The summed E-state index contributed by atoms with van der Waals surface area (Å²) in [5.74, 6) is 1.71. The molecule has 236 valence electrons. The molecule has 44 heavy (non-hydrogen) atoms. The normalized spacial score (nSPS) is 16.6. The Bertz CT molecular complexity index is 1630. The van der Waals surface area contributed by atoms with Crippen molar-refractivity contribution in [2.75, 3.05) is 11.3 Å². The maximum absolute atomic E-state index is 13.7. The predicted molar refractivity (Wildman–Crippen MR) is 172 cm³/mol. The lowest BCUT2D eigenvalue weighted by atomic mass is 9.93. The largest absolute Gasteiger partial charge is 0.377 e. The van der Waals surface area contributed by atoms with Crippen LogP contribution in [-0.4, -0.2) is 42.4 Å². The number of hydrogen-bond donors (Lipinski definition) is 1. The zero-order valence-electron chi connectivity index (χ0n) is 26.5. The third-order valence-corrected chi connectivity index (χ3v) is 9.82. The summed E-state index contributed by atoms with van der Waals surface area (Å²) in [6, 6.07) is 14.4. The number of rotatable bonds is 12. The summed E-state index contributed by atoms with van der Waals surface area (Å²) in [5, 5.41) is 3.94. The van der Waals surface area contributed by atoms with Crippen LogP contribution in [0.25, 0.3) is 11.1 Å². The molecule has 2 heterocycles. The third kappa shape index (κ3) is 6.61. The van der Waals surface area contributed by atoms with Crippen LogP contribution in [0.1, 0.15) is 96.5 Å². The highest BCUT2D eigenvalue weighted by Gasteiger charge is 2.49. The molecule has 1 aromatic heterocycles. The number of aliphatic imine (C=N–C) groups is 1. The van der Waals surface area contributed by atoms with Crippen LogP contribution in [-0.2, 0) is 38.1 Å². The van der Waals surface area contributed by atoms with Crippen molar-refractivity contribution in [2.24, 2.45) is 4.99 Å². The zero-order valence-corrected chi connectivity index (χ0v) is 27.3. The molecule has 1 aliphatic heterocycles. The van der Waals surface area contributed by atoms with Crippen LogP contribution in [0.15, 0.2) is 62.9 Å². The van der Waals surface area contributed by atoms with Crippen molar-refractivity contribution in [2.45, 2.75) is 109 Å². The lowest BCUT2D eigenvalue weighted by Gasteiger charge is -2.23. The average molecular weight is 621 g/mol. The Morgan fingerprint density at radius 2 is 1.80 bits per heavy atom. The fourth-order valence-electron chi connectivity index (χ4n) is 6.01. The lowest BCUT2D eigenvalue weighted by molar-refractivity contribution is -0.131. The number of amidine groups is 1. The topological polar surface area (TPSA) is 114 Å². The van der Waals surface area contributed by atoms with Gasteiger partial charge in [-0.05, 0) is 48.9 Å². The second-order valence-electron chi connectivity index (χ2n) is 12.8. The van der Waals surface area contributed by atoms with Crippen LogP contribution in [0.5, 0.6) is 0 Å². The fourth-order valence-corrected chi connectivity index (χ4v) is 7.22. The minimum atomic E-state index is -4.01. The van der Waals surface area contributed by atoms with E-state index in [1.165, 1.54) is 0 Å². The lowest BCUT2D eigenvalue weighted by Crippen LogP contribution is -2.40. The fraction of sp³-hybridized carbons (Fsp3) is 0.500. The molecule has 10 heteroatoms. The van der Waals surface area contributed by atoms with Crippen LogP contribution in [0.2, 0.25) is 0 Å². The number of nitrogens with zero attached hydrogens (tertiary/aromatic N) is 3. The predicted octanol–water partition coefficient (Wildman–Crippen LogP) is 7.22. The van der Waals surface area contributed by atoms with Gasteiger partial charge in [0.05, 0.1) is 18.0 Å². The van der Waals surface area contributed by atoms with Crippen molar-refractivity contribution < 1.29 is 22.5 Å². The SMILES string of the molecule is CCCCC1=NC2(CCCC2)C(=O)N1Cc1ccc(-c2ccccc2S(=O)(=O)Nc2cc(C(C)(C)C)on2)c(COCC)c1. The molecule has 2 aromatic carbocycles. The Kier molecular flexibility index (Phi) is 9.32. The molecule has 1 aliphatic carbocycles. The molecule has 0 radical (unpaired) electrons. The monoisotopic (exact) mass is 620 g/mol. The Morgan fingerprint density at radius 3 is 2.48 bits per heavy atom. The molecule has 0 bridgehead atoms. The standard InChI is InChI=1S/C34H44N4O5S/c1-6-8-15-31-35-34(18-11-12-19-34)32(39)38(31)22-24-16-17-26(25(20-24)23-42-7-2)27-13-9-10-14-28(27)44(40,41)37-30-21-29(43-36-30)33(3,4)5/h9-10,13-14,16-17,20-21H,6-8,11-12,15,18-19,22-23H2,1-5H3,(H,36,37). The van der Waals surface area contributed by atoms with Crippen molar-refractivity contribution in [3.63, 3.8) is 0 Å². The van der Waals surface area contributed by atoms with Gasteiger partial charge < -0.3 is 9.26 Å². The minimum absolute atomic E-state index is 0.113. The summed E-state index contributed by atoms with van der Waals surface area (Å²) in [6.45, 7) is 11.2. The van der Waals surface area contributed by atoms with Crippen molar-refractivity contribution in [3.8, 4) is 11.1 Å². The number of ether oxygens (including phenoxy) is 1. The number of sulfonamides is 1. The van der Waals surface area contributed by atoms with Gasteiger partial charge in [0, 0.05) is 30.1 Å². The van der Waals surface area contributed by atoms with Gasteiger partial charge in [-0.3, -0.25) is 19.4 Å². The first-order valence-electron chi connectivity index (χ1n) is 15.7. The Balaban J connectivity index is 1.47. The van der Waals surface area contributed by atoms with Crippen LogP contribution >= 0.6 is 0 Å². The highest BCUT2D eigenvalue weighted by Crippen LogP contribution is 2.40. The van der Waals surface area contributed by atoms with Crippen molar-refractivity contribution >= 4 is 27.6 Å². The number of carbonyl (C=O) groups excluding carboxylic acids is 1. The van der Waals surface area contributed by atoms with Gasteiger partial charge in [-0.1, -0.05) is 88.5 Å². The van der Waals surface area contributed by atoms with E-state index in [1.54, 1.807) is 24.3 Å². The Morgan fingerprint density at radius 1 is 1.05 bits per heavy atom. The number of anilines is 1. The average Bonchev–Trinajstić information content (AvgIpc) is 3.72. The second kappa shape index (κ2) is 12.9. The number of unbranched alkanes of at least 4 members (excludes halogenated alkanes) is 1. The van der Waals surface area contributed by atoms with Crippen LogP contribution in [0.4, 0.5) is 5.82 Å². The first kappa shape index (κ1) is 31.9. The number of hydrogen-bond acceptors (Lipinski definition) is 7. The van der Waals surface area contributed by atoms with Crippen LogP contribution < -0.4 is 4.72 Å². The number of nitrogens with one attached hydrogen (secondary N) is 1. The summed E-state index contributed by atoms with van der Waals surface area (Å²) in [6.07, 6.45) is 6.50. The van der Waals surface area contributed by atoms with Gasteiger partial charge in [-0.2, -0.15) is 0 Å². The second-order valence-corrected chi connectivity index (χ2v) is 14.5. The third-order valence-electron chi connectivity index (χ3n) is 8.41. The molecular formula is C34H44N4O5S. The van der Waals surface area contributed by atoms with Gasteiger partial charge in [-0.15, -0.1) is 0 Å². The Hall–Kier alpha value is -3.50. The van der Waals surface area contributed by atoms with E-state index in [0.717, 1.165) is 67.5 Å². The molecule has 0 saturated heterocycles. The molecule has 0 atom stereocenters. The first-order chi connectivity index (χ1) is 21.0. The van der Waals surface area contributed by atoms with E-state index in [2.05, 4.69) is 16.8 Å². The number of aromatic nitrogens is 1. The van der Waals surface area contributed by atoms with E-state index < -0.39 is 15.6 Å². The van der Waals surface area contributed by atoms with E-state index in [9.17, 15) is 13.2 Å². The van der Waals surface area contributed by atoms with E-state index in [4.69, 9.17) is 14.3 Å². The first-order valence-corrected chi connectivity index (χ1v) is 17.2. The van der Waals surface area contributed by atoms with Crippen molar-refractivity contribution in [3.05, 3.63) is 65.4 Å². The number of amides is 1. The summed E-state index contributed by atoms with van der Waals surface area (Å²) in [5.41, 5.74) is 2.19. The summed E-state index contributed by atoms with van der Waals surface area (Å²) in [7, 11) is -4.01. The number of benzene rings is 2. The van der Waals surface area contributed by atoms with E-state index in [-0.39, 0.29) is 22.0 Å². The molecule has 1 fully saturated rings. The molecule has 3 aromatic rings. The molecule has 2 aliphatic rings. The molecule has 1 saturated carbocycles. The minimum Gasteiger partial charge on any atom is -0.377 e. The smallest absolute Gasteiger partial charge is 0.263 e. The summed E-state index contributed by atoms with van der Waals surface area (Å²) < 4.78 is 41.2. The van der Waals surface area contributed by atoms with Gasteiger partial charge in [-0.25, -0.2) is 8.42 Å².